The van der Waals surface area contributed by atoms with Gasteiger partial charge in [-0.15, -0.1) is 0 Å². The van der Waals surface area contributed by atoms with Gasteiger partial charge in [-0.05, 0) is 34.5 Å². The van der Waals surface area contributed by atoms with E-state index >= 15 is 0 Å². The van der Waals surface area contributed by atoms with Gasteiger partial charge in [0.2, 0.25) is 0 Å². The van der Waals surface area contributed by atoms with Crippen LogP contribution in [0.3, 0.4) is 0 Å². The van der Waals surface area contributed by atoms with Gasteiger partial charge in [-0.3, -0.25) is 0 Å². The highest BCUT2D eigenvalue weighted by molar-refractivity contribution is 5.86. The summed E-state index contributed by atoms with van der Waals surface area (Å²) in [5.74, 6) is 0.723. The van der Waals surface area contributed by atoms with Crippen molar-refractivity contribution < 1.29 is 17.9 Å². The molecule has 0 N–H and O–H groups in total. The fraction of sp³-hybridized carbons (Fsp3) is 0.143. The van der Waals surface area contributed by atoms with Gasteiger partial charge in [0.1, 0.15) is 5.75 Å². The Labute approximate surface area is 102 Å². The summed E-state index contributed by atoms with van der Waals surface area (Å²) < 4.78 is 41.2. The minimum atomic E-state index is -4.28. The summed E-state index contributed by atoms with van der Waals surface area (Å²) in [6.45, 7) is 0. The van der Waals surface area contributed by atoms with E-state index in [1.807, 2.05) is 12.1 Å². The number of fused-ring (bicyclic) bond motifs is 1. The zero-order valence-corrected chi connectivity index (χ0v) is 9.66. The van der Waals surface area contributed by atoms with Crippen molar-refractivity contribution in [2.45, 2.75) is 6.18 Å². The number of benzene rings is 2. The summed E-state index contributed by atoms with van der Waals surface area (Å²) >= 11 is 0. The minimum absolute atomic E-state index is 0.234. The molecular weight excluding hydrogens is 241 g/mol. The molecule has 0 aliphatic carbocycles. The summed E-state index contributed by atoms with van der Waals surface area (Å²) in [6, 6.07) is 10.6. The highest BCUT2D eigenvalue weighted by Gasteiger charge is 2.21. The lowest BCUT2D eigenvalue weighted by molar-refractivity contribution is -0.0790. The van der Waals surface area contributed by atoms with Crippen LogP contribution >= 0.6 is 0 Å². The number of allylic oxidation sites excluding steroid dienone is 1. The Bertz CT molecular complexity index is 585. The first kappa shape index (κ1) is 12.5. The Kier molecular flexibility index (Phi) is 3.28. The van der Waals surface area contributed by atoms with Crippen molar-refractivity contribution >= 4 is 16.8 Å². The first-order valence-corrected chi connectivity index (χ1v) is 5.32. The SMILES string of the molecule is COc1ccc2cc(C=CC(F)(F)F)ccc2c1. The molecule has 0 atom stereocenters. The van der Waals surface area contributed by atoms with E-state index in [9.17, 15) is 13.2 Å². The Morgan fingerprint density at radius 3 is 2.33 bits per heavy atom. The molecule has 1 nitrogen and oxygen atoms in total. The van der Waals surface area contributed by atoms with Crippen molar-refractivity contribution in [2.24, 2.45) is 0 Å². The highest BCUT2D eigenvalue weighted by atomic mass is 19.4. The van der Waals surface area contributed by atoms with Crippen LogP contribution in [0.15, 0.2) is 42.5 Å². The number of rotatable bonds is 2. The third kappa shape index (κ3) is 3.03. The fourth-order valence-electron chi connectivity index (χ4n) is 1.66. The first-order valence-electron chi connectivity index (χ1n) is 5.32. The molecule has 2 rings (SSSR count). The third-order valence-corrected chi connectivity index (χ3v) is 2.54. The summed E-state index contributed by atoms with van der Waals surface area (Å²) in [5.41, 5.74) is 0.519. The summed E-state index contributed by atoms with van der Waals surface area (Å²) in [4.78, 5) is 0. The van der Waals surface area contributed by atoms with E-state index in [1.165, 1.54) is 0 Å². The molecule has 0 spiro atoms. The van der Waals surface area contributed by atoms with Crippen molar-refractivity contribution in [1.29, 1.82) is 0 Å². The number of hydrogen-bond acceptors (Lipinski definition) is 1. The Morgan fingerprint density at radius 1 is 1.00 bits per heavy atom. The topological polar surface area (TPSA) is 9.23 Å². The quantitative estimate of drug-likeness (QED) is 0.768. The zero-order chi connectivity index (χ0) is 13.2. The van der Waals surface area contributed by atoms with Crippen LogP contribution in [0.1, 0.15) is 5.56 Å². The number of halogens is 3. The highest BCUT2D eigenvalue weighted by Crippen LogP contribution is 2.23. The smallest absolute Gasteiger partial charge is 0.409 e. The lowest BCUT2D eigenvalue weighted by Gasteiger charge is -2.04. The van der Waals surface area contributed by atoms with E-state index in [0.29, 0.717) is 5.56 Å². The van der Waals surface area contributed by atoms with Crippen LogP contribution < -0.4 is 4.74 Å². The molecule has 0 aromatic heterocycles. The second kappa shape index (κ2) is 4.72. The van der Waals surface area contributed by atoms with Crippen LogP contribution in [0.2, 0.25) is 0 Å². The van der Waals surface area contributed by atoms with Gasteiger partial charge in [-0.2, -0.15) is 13.2 Å². The molecule has 0 bridgehead atoms. The maximum atomic E-state index is 12.1. The molecule has 0 unspecified atom stereocenters. The lowest BCUT2D eigenvalue weighted by Crippen LogP contribution is -2.00. The molecule has 0 saturated heterocycles. The monoisotopic (exact) mass is 252 g/mol. The molecule has 0 saturated carbocycles. The Morgan fingerprint density at radius 2 is 1.67 bits per heavy atom. The molecule has 0 aliphatic rings. The average Bonchev–Trinajstić information content (AvgIpc) is 2.34. The molecule has 0 amide bonds. The van der Waals surface area contributed by atoms with Crippen molar-refractivity contribution in [3.63, 3.8) is 0 Å². The summed E-state index contributed by atoms with van der Waals surface area (Å²) in [5, 5.41) is 1.80. The molecule has 0 heterocycles. The van der Waals surface area contributed by atoms with Gasteiger partial charge >= 0.3 is 6.18 Å². The van der Waals surface area contributed by atoms with Crippen molar-refractivity contribution in [3.8, 4) is 5.75 Å². The van der Waals surface area contributed by atoms with Gasteiger partial charge in [-0.25, -0.2) is 0 Å². The molecule has 4 heteroatoms. The van der Waals surface area contributed by atoms with Crippen molar-refractivity contribution in [2.75, 3.05) is 7.11 Å². The number of alkyl halides is 3. The van der Waals surface area contributed by atoms with Crippen LogP contribution in [0, 0.1) is 0 Å². The normalized spacial score (nSPS) is 12.2. The predicted octanol–water partition coefficient (Wildman–Crippen LogP) is 4.42. The van der Waals surface area contributed by atoms with Gasteiger partial charge in [0.05, 0.1) is 7.11 Å². The number of hydrogen-bond donors (Lipinski definition) is 0. The van der Waals surface area contributed by atoms with Gasteiger partial charge in [0, 0.05) is 6.08 Å². The molecule has 0 radical (unpaired) electrons. The van der Waals surface area contributed by atoms with Crippen LogP contribution in [0.5, 0.6) is 5.75 Å². The Hall–Kier alpha value is -1.97. The molecular formula is C14H11F3O. The molecule has 18 heavy (non-hydrogen) atoms. The van der Waals surface area contributed by atoms with Crippen LogP contribution in [0.4, 0.5) is 13.2 Å². The van der Waals surface area contributed by atoms with E-state index in [-0.39, 0.29) is 6.08 Å². The molecule has 0 aliphatic heterocycles. The van der Waals surface area contributed by atoms with Crippen molar-refractivity contribution in [3.05, 3.63) is 48.0 Å². The van der Waals surface area contributed by atoms with E-state index in [0.717, 1.165) is 22.6 Å². The maximum Gasteiger partial charge on any atom is 0.409 e. The maximum absolute atomic E-state index is 12.1. The third-order valence-electron chi connectivity index (χ3n) is 2.54. The van der Waals surface area contributed by atoms with Crippen LogP contribution in [0.25, 0.3) is 16.8 Å². The second-order valence-corrected chi connectivity index (χ2v) is 3.85. The standard InChI is InChI=1S/C14H11F3O/c1-18-13-5-4-11-8-10(2-3-12(11)9-13)6-7-14(15,16)17/h2-9H,1H3. The predicted molar refractivity (Wildman–Crippen MR) is 65.6 cm³/mol. The van der Waals surface area contributed by atoms with Crippen LogP contribution in [-0.4, -0.2) is 13.3 Å². The van der Waals surface area contributed by atoms with Gasteiger partial charge in [-0.1, -0.05) is 24.3 Å². The van der Waals surface area contributed by atoms with Crippen LogP contribution in [-0.2, 0) is 0 Å². The fourth-order valence-corrected chi connectivity index (χ4v) is 1.66. The molecule has 0 fully saturated rings. The molecule has 2 aromatic rings. The van der Waals surface area contributed by atoms with Gasteiger partial charge in [0.15, 0.2) is 0 Å². The van der Waals surface area contributed by atoms with Crippen molar-refractivity contribution in [1.82, 2.24) is 0 Å². The van der Waals surface area contributed by atoms with E-state index in [4.69, 9.17) is 4.74 Å². The minimum Gasteiger partial charge on any atom is -0.497 e. The lowest BCUT2D eigenvalue weighted by atomic mass is 10.1. The Balaban J connectivity index is 2.36. The largest absolute Gasteiger partial charge is 0.497 e. The first-order chi connectivity index (χ1) is 8.48. The summed E-state index contributed by atoms with van der Waals surface area (Å²) in [7, 11) is 1.57. The number of ether oxygens (including phenoxy) is 1. The average molecular weight is 252 g/mol. The van der Waals surface area contributed by atoms with Gasteiger partial charge < -0.3 is 4.74 Å². The number of methoxy groups -OCH3 is 1. The molecule has 2 aromatic carbocycles. The summed E-state index contributed by atoms with van der Waals surface area (Å²) in [6.07, 6.45) is -2.99. The van der Waals surface area contributed by atoms with E-state index < -0.39 is 6.18 Å². The van der Waals surface area contributed by atoms with E-state index in [1.54, 1.807) is 31.4 Å². The zero-order valence-electron chi connectivity index (χ0n) is 9.66. The van der Waals surface area contributed by atoms with E-state index in [2.05, 4.69) is 0 Å². The van der Waals surface area contributed by atoms with Gasteiger partial charge in [0.25, 0.3) is 0 Å². The second-order valence-electron chi connectivity index (χ2n) is 3.85. The molecule has 94 valence electrons.